The summed E-state index contributed by atoms with van der Waals surface area (Å²) in [7, 11) is 0. The Morgan fingerprint density at radius 2 is 2.06 bits per heavy atom. The van der Waals surface area contributed by atoms with Crippen molar-refractivity contribution < 1.29 is 9.90 Å². The SMILES string of the molecule is O=C(CCNC1CC1)NC1CCCC1CO. The van der Waals surface area contributed by atoms with Crippen LogP contribution in [0, 0.1) is 5.92 Å². The lowest BCUT2D eigenvalue weighted by atomic mass is 10.1. The second-order valence-electron chi connectivity index (χ2n) is 5.03. The average Bonchev–Trinajstić information content (AvgIpc) is 2.98. The molecule has 0 radical (unpaired) electrons. The van der Waals surface area contributed by atoms with Crippen LogP contribution in [-0.4, -0.2) is 36.2 Å². The minimum atomic E-state index is 0.124. The number of nitrogens with one attached hydrogen (secondary N) is 2. The van der Waals surface area contributed by atoms with E-state index >= 15 is 0 Å². The highest BCUT2D eigenvalue weighted by Crippen LogP contribution is 2.25. The summed E-state index contributed by atoms with van der Waals surface area (Å²) in [5.41, 5.74) is 0. The van der Waals surface area contributed by atoms with Crippen LogP contribution >= 0.6 is 0 Å². The van der Waals surface area contributed by atoms with Crippen LogP contribution in [-0.2, 0) is 4.79 Å². The van der Waals surface area contributed by atoms with E-state index in [2.05, 4.69) is 10.6 Å². The summed E-state index contributed by atoms with van der Waals surface area (Å²) in [6, 6.07) is 0.878. The third-order valence-electron chi connectivity index (χ3n) is 3.60. The van der Waals surface area contributed by atoms with Crippen LogP contribution in [0.15, 0.2) is 0 Å². The van der Waals surface area contributed by atoms with Gasteiger partial charge in [-0.3, -0.25) is 4.79 Å². The van der Waals surface area contributed by atoms with Crippen LogP contribution in [0.5, 0.6) is 0 Å². The summed E-state index contributed by atoms with van der Waals surface area (Å²) in [4.78, 5) is 11.6. The Balaban J connectivity index is 1.61. The van der Waals surface area contributed by atoms with E-state index in [-0.39, 0.29) is 24.5 Å². The molecule has 0 bridgehead atoms. The molecule has 0 aliphatic heterocycles. The second-order valence-corrected chi connectivity index (χ2v) is 5.03. The summed E-state index contributed by atoms with van der Waals surface area (Å²) in [5.74, 6) is 0.402. The Hall–Kier alpha value is -0.610. The van der Waals surface area contributed by atoms with Gasteiger partial charge in [-0.25, -0.2) is 0 Å². The van der Waals surface area contributed by atoms with Gasteiger partial charge < -0.3 is 15.7 Å². The van der Waals surface area contributed by atoms with Crippen molar-refractivity contribution in [2.75, 3.05) is 13.2 Å². The van der Waals surface area contributed by atoms with Gasteiger partial charge in [0.1, 0.15) is 0 Å². The molecular weight excluding hydrogens is 204 g/mol. The van der Waals surface area contributed by atoms with Gasteiger partial charge in [-0.1, -0.05) is 6.42 Å². The van der Waals surface area contributed by atoms with Gasteiger partial charge >= 0.3 is 0 Å². The molecule has 0 aromatic heterocycles. The average molecular weight is 226 g/mol. The molecule has 1 amide bonds. The van der Waals surface area contributed by atoms with Crippen molar-refractivity contribution in [3.05, 3.63) is 0 Å². The predicted molar refractivity (Wildman–Crippen MR) is 62.0 cm³/mol. The highest BCUT2D eigenvalue weighted by Gasteiger charge is 2.27. The molecule has 2 unspecified atom stereocenters. The molecule has 0 aromatic carbocycles. The summed E-state index contributed by atoms with van der Waals surface area (Å²) in [6.45, 7) is 0.984. The normalized spacial score (nSPS) is 29.3. The van der Waals surface area contributed by atoms with Gasteiger partial charge in [0.15, 0.2) is 0 Å². The molecule has 2 aliphatic carbocycles. The minimum Gasteiger partial charge on any atom is -0.396 e. The molecule has 3 N–H and O–H groups in total. The van der Waals surface area contributed by atoms with Gasteiger partial charge in [-0.05, 0) is 25.7 Å². The third kappa shape index (κ3) is 3.46. The first-order valence-corrected chi connectivity index (χ1v) is 6.43. The maximum atomic E-state index is 11.6. The molecule has 4 nitrogen and oxygen atoms in total. The number of carbonyl (C=O) groups is 1. The number of hydrogen-bond acceptors (Lipinski definition) is 3. The number of rotatable bonds is 6. The molecule has 0 aromatic rings. The van der Waals surface area contributed by atoms with Gasteiger partial charge in [0.25, 0.3) is 0 Å². The topological polar surface area (TPSA) is 61.4 Å². The molecular formula is C12H22N2O2. The highest BCUT2D eigenvalue weighted by molar-refractivity contribution is 5.76. The van der Waals surface area contributed by atoms with Gasteiger partial charge in [0.05, 0.1) is 0 Å². The second kappa shape index (κ2) is 5.64. The van der Waals surface area contributed by atoms with E-state index in [9.17, 15) is 4.79 Å². The van der Waals surface area contributed by atoms with Gasteiger partial charge in [0, 0.05) is 37.6 Å². The van der Waals surface area contributed by atoms with Crippen LogP contribution in [0.4, 0.5) is 0 Å². The van der Waals surface area contributed by atoms with Crippen LogP contribution in [0.2, 0.25) is 0 Å². The molecule has 2 fully saturated rings. The van der Waals surface area contributed by atoms with Crippen LogP contribution in [0.1, 0.15) is 38.5 Å². The lowest BCUT2D eigenvalue weighted by molar-refractivity contribution is -0.122. The number of hydrogen-bond donors (Lipinski definition) is 3. The van der Waals surface area contributed by atoms with Crippen molar-refractivity contribution >= 4 is 5.91 Å². The van der Waals surface area contributed by atoms with E-state index in [1.807, 2.05) is 0 Å². The van der Waals surface area contributed by atoms with Crippen LogP contribution in [0.3, 0.4) is 0 Å². The van der Waals surface area contributed by atoms with Crippen LogP contribution in [0.25, 0.3) is 0 Å². The third-order valence-corrected chi connectivity index (χ3v) is 3.60. The first-order valence-electron chi connectivity index (χ1n) is 6.43. The fraction of sp³-hybridized carbons (Fsp3) is 0.917. The van der Waals surface area contributed by atoms with Crippen molar-refractivity contribution in [2.45, 2.75) is 50.6 Å². The standard InChI is InChI=1S/C12H22N2O2/c15-8-9-2-1-3-11(9)14-12(16)6-7-13-10-4-5-10/h9-11,13,15H,1-8H2,(H,14,16). The molecule has 2 aliphatic rings. The Morgan fingerprint density at radius 1 is 1.25 bits per heavy atom. The lowest BCUT2D eigenvalue weighted by Gasteiger charge is -2.19. The number of aliphatic hydroxyl groups excluding tert-OH is 1. The first-order chi connectivity index (χ1) is 7.79. The molecule has 0 heterocycles. The molecule has 92 valence electrons. The number of amides is 1. The fourth-order valence-corrected chi connectivity index (χ4v) is 2.40. The molecule has 2 saturated carbocycles. The lowest BCUT2D eigenvalue weighted by Crippen LogP contribution is -2.39. The Morgan fingerprint density at radius 3 is 2.75 bits per heavy atom. The molecule has 0 saturated heterocycles. The summed E-state index contributed by atoms with van der Waals surface area (Å²) < 4.78 is 0. The molecule has 2 atom stereocenters. The number of aliphatic hydroxyl groups is 1. The van der Waals surface area contributed by atoms with Crippen molar-refractivity contribution in [3.8, 4) is 0 Å². The van der Waals surface area contributed by atoms with Gasteiger partial charge in [0.2, 0.25) is 5.91 Å². The van der Waals surface area contributed by atoms with Crippen molar-refractivity contribution in [1.29, 1.82) is 0 Å². The molecule has 16 heavy (non-hydrogen) atoms. The van der Waals surface area contributed by atoms with E-state index in [1.165, 1.54) is 12.8 Å². The Bertz CT molecular complexity index is 241. The summed E-state index contributed by atoms with van der Waals surface area (Å²) in [5, 5.41) is 15.5. The van der Waals surface area contributed by atoms with Crippen LogP contribution < -0.4 is 10.6 Å². The molecule has 4 heteroatoms. The number of carbonyl (C=O) groups excluding carboxylic acids is 1. The maximum Gasteiger partial charge on any atom is 0.221 e. The van der Waals surface area contributed by atoms with E-state index in [1.54, 1.807) is 0 Å². The predicted octanol–water partition coefficient (Wildman–Crippen LogP) is 0.406. The smallest absolute Gasteiger partial charge is 0.221 e. The Labute approximate surface area is 96.8 Å². The van der Waals surface area contributed by atoms with Gasteiger partial charge in [-0.2, -0.15) is 0 Å². The quantitative estimate of drug-likeness (QED) is 0.614. The Kier molecular flexibility index (Phi) is 4.18. The van der Waals surface area contributed by atoms with E-state index < -0.39 is 0 Å². The van der Waals surface area contributed by atoms with E-state index in [0.717, 1.165) is 25.8 Å². The zero-order chi connectivity index (χ0) is 11.4. The monoisotopic (exact) mass is 226 g/mol. The molecule has 0 spiro atoms. The van der Waals surface area contributed by atoms with E-state index in [0.29, 0.717) is 12.5 Å². The summed E-state index contributed by atoms with van der Waals surface area (Å²) >= 11 is 0. The highest BCUT2D eigenvalue weighted by atomic mass is 16.3. The van der Waals surface area contributed by atoms with Crippen molar-refractivity contribution in [3.63, 3.8) is 0 Å². The van der Waals surface area contributed by atoms with Gasteiger partial charge in [-0.15, -0.1) is 0 Å². The minimum absolute atomic E-state index is 0.124. The first kappa shape index (κ1) is 11.9. The van der Waals surface area contributed by atoms with Crippen molar-refractivity contribution in [1.82, 2.24) is 10.6 Å². The zero-order valence-corrected chi connectivity index (χ0v) is 9.74. The van der Waals surface area contributed by atoms with E-state index in [4.69, 9.17) is 5.11 Å². The maximum absolute atomic E-state index is 11.6. The summed E-state index contributed by atoms with van der Waals surface area (Å²) in [6.07, 6.45) is 6.27. The zero-order valence-electron chi connectivity index (χ0n) is 9.74. The van der Waals surface area contributed by atoms with Crippen molar-refractivity contribution in [2.24, 2.45) is 5.92 Å². The largest absolute Gasteiger partial charge is 0.396 e. The fourth-order valence-electron chi connectivity index (χ4n) is 2.40. The molecule has 2 rings (SSSR count).